The third-order valence-electron chi connectivity index (χ3n) is 11.6. The molecule has 7 rings (SSSR count). The molecule has 5 aliphatic carbocycles. The second-order valence-corrected chi connectivity index (χ2v) is 13.7. The molecule has 0 aliphatic heterocycles. The number of aliphatic hydroxyl groups excluding tert-OH is 1. The first-order chi connectivity index (χ1) is 21.8. The zero-order valence-electron chi connectivity index (χ0n) is 25.5. The lowest BCUT2D eigenvalue weighted by atomic mass is 9.35. The Balaban J connectivity index is 1.31. The average Bonchev–Trinajstić information content (AvgIpc) is 3.05. The van der Waals surface area contributed by atoms with E-state index in [4.69, 9.17) is 9.47 Å². The zero-order valence-corrected chi connectivity index (χ0v) is 25.5. The molecule has 7 atom stereocenters. The molecule has 1 N–H and O–H groups in total. The summed E-state index contributed by atoms with van der Waals surface area (Å²) in [5.41, 5.74) is -1.80. The number of ketones is 1. The van der Waals surface area contributed by atoms with E-state index in [-0.39, 0.29) is 65.7 Å². The van der Waals surface area contributed by atoms with Crippen molar-refractivity contribution in [2.45, 2.75) is 58.0 Å². The summed E-state index contributed by atoms with van der Waals surface area (Å²) < 4.78 is 11.8. The minimum Gasteiger partial charge on any atom is -0.462 e. The molecule has 2 bridgehead atoms. The Labute approximate surface area is 265 Å². The molecule has 242 valence electrons. The van der Waals surface area contributed by atoms with Crippen LogP contribution < -0.4 is 0 Å². The van der Waals surface area contributed by atoms with Gasteiger partial charge in [-0.25, -0.2) is 9.59 Å². The van der Waals surface area contributed by atoms with Crippen LogP contribution in [0, 0.1) is 54.2 Å². The van der Waals surface area contributed by atoms with E-state index in [1.807, 2.05) is 6.92 Å². The third-order valence-corrected chi connectivity index (χ3v) is 11.6. The van der Waals surface area contributed by atoms with Crippen molar-refractivity contribution in [2.24, 2.45) is 34.0 Å². The van der Waals surface area contributed by atoms with E-state index >= 15 is 0 Å². The van der Waals surface area contributed by atoms with E-state index in [1.165, 1.54) is 48.5 Å². The van der Waals surface area contributed by atoms with Gasteiger partial charge in [-0.3, -0.25) is 25.0 Å². The highest BCUT2D eigenvalue weighted by molar-refractivity contribution is 6.02. The Kier molecular flexibility index (Phi) is 7.82. The molecule has 2 aromatic rings. The van der Waals surface area contributed by atoms with Gasteiger partial charge in [0.2, 0.25) is 0 Å². The first kappa shape index (κ1) is 31.5. The number of hydrogen-bond donors (Lipinski definition) is 1. The standard InChI is InChI=1S/C34H36N2O10/c1-20-23-12-15-34(29(20)38)27(16-23)33(19-46-31(40)22-6-10-25(11-7-22)36(43)44)14-3-13-32(2,26(33)17-28(34)37)18-45-30(39)21-4-8-24(9-5-21)35(41)42/h4-11,23,26-28,37H,1,3,12-19H2,2H3/t23-,26?,27?,28+,32-,33-,34?/m0/s1. The van der Waals surface area contributed by atoms with Crippen LogP contribution in [0.5, 0.6) is 0 Å². The summed E-state index contributed by atoms with van der Waals surface area (Å²) in [5.74, 6) is -1.98. The lowest BCUT2D eigenvalue weighted by Crippen LogP contribution is -2.70. The Morgan fingerprint density at radius 3 is 1.96 bits per heavy atom. The number of rotatable bonds is 8. The second-order valence-electron chi connectivity index (χ2n) is 13.7. The molecular weight excluding hydrogens is 596 g/mol. The number of allylic oxidation sites excluding steroid dienone is 1. The van der Waals surface area contributed by atoms with Gasteiger partial charge in [-0.15, -0.1) is 0 Å². The quantitative estimate of drug-likeness (QED) is 0.166. The maximum absolute atomic E-state index is 13.9. The van der Waals surface area contributed by atoms with Gasteiger partial charge in [-0.2, -0.15) is 0 Å². The van der Waals surface area contributed by atoms with E-state index in [0.29, 0.717) is 37.7 Å². The molecule has 0 aromatic heterocycles. The van der Waals surface area contributed by atoms with E-state index in [2.05, 4.69) is 6.58 Å². The molecule has 0 radical (unpaired) electrons. The molecule has 0 amide bonds. The van der Waals surface area contributed by atoms with Crippen LogP contribution in [0.3, 0.4) is 0 Å². The van der Waals surface area contributed by atoms with Crippen molar-refractivity contribution in [2.75, 3.05) is 13.2 Å². The van der Waals surface area contributed by atoms with Crippen molar-refractivity contribution < 1.29 is 38.8 Å². The molecule has 1 spiro atoms. The van der Waals surface area contributed by atoms with Gasteiger partial charge in [-0.05, 0) is 86.1 Å². The number of ether oxygens (including phenoxy) is 2. The highest BCUT2D eigenvalue weighted by atomic mass is 16.6. The van der Waals surface area contributed by atoms with Gasteiger partial charge in [0.15, 0.2) is 5.78 Å². The summed E-state index contributed by atoms with van der Waals surface area (Å²) in [6.45, 7) is 6.07. The number of non-ortho nitro benzene ring substituents is 2. The number of aliphatic hydroxyl groups is 1. The van der Waals surface area contributed by atoms with Crippen LogP contribution in [0.15, 0.2) is 60.7 Å². The lowest BCUT2D eigenvalue weighted by molar-refractivity contribution is -0.385. The van der Waals surface area contributed by atoms with Crippen molar-refractivity contribution in [3.8, 4) is 0 Å². The average molecular weight is 633 g/mol. The molecule has 12 heteroatoms. The van der Waals surface area contributed by atoms with E-state index in [9.17, 15) is 39.7 Å². The monoisotopic (exact) mass is 632 g/mol. The predicted molar refractivity (Wildman–Crippen MR) is 163 cm³/mol. The number of carbonyl (C=O) groups is 3. The number of nitro benzene ring substituents is 2. The predicted octanol–water partition coefficient (Wildman–Crippen LogP) is 5.62. The minimum absolute atomic E-state index is 0.00204. The fraction of sp³-hybridized carbons (Fsp3) is 0.500. The van der Waals surface area contributed by atoms with Crippen LogP contribution >= 0.6 is 0 Å². The first-order valence-electron chi connectivity index (χ1n) is 15.6. The number of Topliss-reactive ketones (excluding diaryl/α,β-unsaturated/α-hetero) is 1. The summed E-state index contributed by atoms with van der Waals surface area (Å²) in [7, 11) is 0. The van der Waals surface area contributed by atoms with Crippen molar-refractivity contribution >= 4 is 29.1 Å². The Morgan fingerprint density at radius 1 is 0.870 bits per heavy atom. The number of esters is 2. The minimum atomic E-state index is -1.03. The summed E-state index contributed by atoms with van der Waals surface area (Å²) in [5, 5.41) is 33.9. The van der Waals surface area contributed by atoms with Crippen LogP contribution in [0.25, 0.3) is 0 Å². The highest BCUT2D eigenvalue weighted by Gasteiger charge is 2.71. The summed E-state index contributed by atoms with van der Waals surface area (Å²) >= 11 is 0. The number of hydrogen-bond acceptors (Lipinski definition) is 10. The molecule has 5 fully saturated rings. The van der Waals surface area contributed by atoms with Crippen LogP contribution in [-0.2, 0) is 14.3 Å². The SMILES string of the molecule is C=C1C(=O)C23CC[C@H]1CC2[C@]1(COC(=O)c2ccc([N+](=O)[O-])cc2)CCC[C@@](C)(COC(=O)c2ccc([N+](=O)[O-])cc2)C1C[C@H]3O. The molecule has 2 aromatic carbocycles. The van der Waals surface area contributed by atoms with Gasteiger partial charge < -0.3 is 14.6 Å². The molecule has 5 aliphatic rings. The number of fused-ring (bicyclic) bond motifs is 3. The molecule has 0 heterocycles. The topological polar surface area (TPSA) is 176 Å². The molecular formula is C34H36N2O10. The fourth-order valence-corrected chi connectivity index (χ4v) is 9.29. The fourth-order valence-electron chi connectivity index (χ4n) is 9.29. The lowest BCUT2D eigenvalue weighted by Gasteiger charge is -2.68. The van der Waals surface area contributed by atoms with Crippen LogP contribution in [0.4, 0.5) is 11.4 Å². The number of benzene rings is 2. The smallest absolute Gasteiger partial charge is 0.338 e. The number of nitro groups is 2. The highest BCUT2D eigenvalue weighted by Crippen LogP contribution is 2.71. The number of nitrogens with zero attached hydrogens (tertiary/aromatic N) is 2. The molecule has 0 saturated heterocycles. The first-order valence-corrected chi connectivity index (χ1v) is 15.6. The van der Waals surface area contributed by atoms with Gasteiger partial charge >= 0.3 is 11.9 Å². The summed E-state index contributed by atoms with van der Waals surface area (Å²) in [6.07, 6.45) is 3.23. The molecule has 12 nitrogen and oxygen atoms in total. The van der Waals surface area contributed by atoms with E-state index in [1.54, 1.807) is 0 Å². The van der Waals surface area contributed by atoms with Gasteiger partial charge in [0, 0.05) is 35.1 Å². The Hall–Kier alpha value is -4.45. The maximum atomic E-state index is 13.9. The van der Waals surface area contributed by atoms with Crippen LogP contribution in [-0.4, -0.2) is 52.0 Å². The van der Waals surface area contributed by atoms with Gasteiger partial charge in [-0.1, -0.05) is 19.9 Å². The van der Waals surface area contributed by atoms with Crippen LogP contribution in [0.2, 0.25) is 0 Å². The van der Waals surface area contributed by atoms with Gasteiger partial charge in [0.25, 0.3) is 11.4 Å². The van der Waals surface area contributed by atoms with E-state index < -0.39 is 44.1 Å². The largest absolute Gasteiger partial charge is 0.462 e. The van der Waals surface area contributed by atoms with Crippen molar-refractivity contribution in [3.05, 3.63) is 92.0 Å². The molecule has 46 heavy (non-hydrogen) atoms. The third kappa shape index (κ3) is 4.90. The molecule has 5 saturated carbocycles. The summed E-state index contributed by atoms with van der Waals surface area (Å²) in [4.78, 5) is 61.3. The second kappa shape index (κ2) is 11.4. The normalized spacial score (nSPS) is 33.0. The Morgan fingerprint density at radius 2 is 1.41 bits per heavy atom. The van der Waals surface area contributed by atoms with Gasteiger partial charge in [0.05, 0.1) is 45.7 Å². The zero-order chi connectivity index (χ0) is 33.0. The van der Waals surface area contributed by atoms with Crippen LogP contribution in [0.1, 0.15) is 72.6 Å². The summed E-state index contributed by atoms with van der Waals surface area (Å²) in [6, 6.07) is 10.3. The van der Waals surface area contributed by atoms with Crippen molar-refractivity contribution in [3.63, 3.8) is 0 Å². The Bertz CT molecular complexity index is 1620. The van der Waals surface area contributed by atoms with Crippen molar-refractivity contribution in [1.29, 1.82) is 0 Å². The number of carbonyl (C=O) groups excluding carboxylic acids is 3. The van der Waals surface area contributed by atoms with Crippen molar-refractivity contribution in [1.82, 2.24) is 0 Å². The van der Waals surface area contributed by atoms with Gasteiger partial charge in [0.1, 0.15) is 0 Å². The maximum Gasteiger partial charge on any atom is 0.338 e. The van der Waals surface area contributed by atoms with E-state index in [0.717, 1.165) is 6.42 Å². The molecule has 3 unspecified atom stereocenters.